The molecule has 0 bridgehead atoms. The maximum atomic E-state index is 10.6. The number of hydrogen-bond donors (Lipinski definition) is 1. The van der Waals surface area contributed by atoms with Crippen LogP contribution in [-0.2, 0) is 0 Å². The molecule has 0 saturated heterocycles. The highest BCUT2D eigenvalue weighted by atomic mass is 16.3. The van der Waals surface area contributed by atoms with Gasteiger partial charge in [0, 0.05) is 0 Å². The Balaban J connectivity index is 1.96. The summed E-state index contributed by atoms with van der Waals surface area (Å²) in [6.07, 6.45) is 14.3. The lowest BCUT2D eigenvalue weighted by molar-refractivity contribution is 0.0118. The average Bonchev–Trinajstić information content (AvgIpc) is 2.76. The minimum absolute atomic E-state index is 0.444. The maximum Gasteiger partial charge on any atom is 0.0856 e. The first kappa shape index (κ1) is 11.2. The molecule has 2 unspecified atom stereocenters. The Morgan fingerprint density at radius 1 is 1.27 bits per heavy atom. The summed E-state index contributed by atoms with van der Waals surface area (Å²) in [5.74, 6) is 1.29. The van der Waals surface area contributed by atoms with E-state index in [2.05, 4.69) is 19.1 Å². The zero-order valence-corrected chi connectivity index (χ0v) is 9.91. The highest BCUT2D eigenvalue weighted by Crippen LogP contribution is 2.41. The number of allylic oxidation sites excluding steroid dienone is 1. The molecule has 1 saturated carbocycles. The summed E-state index contributed by atoms with van der Waals surface area (Å²) in [7, 11) is 0. The van der Waals surface area contributed by atoms with E-state index >= 15 is 0 Å². The zero-order valence-electron chi connectivity index (χ0n) is 9.91. The molecule has 0 heterocycles. The van der Waals surface area contributed by atoms with Crippen molar-refractivity contribution in [2.24, 2.45) is 11.8 Å². The molecule has 0 aromatic heterocycles. The lowest BCUT2D eigenvalue weighted by Crippen LogP contribution is -2.37. The quantitative estimate of drug-likeness (QED) is 0.702. The summed E-state index contributed by atoms with van der Waals surface area (Å²) in [6, 6.07) is 0. The van der Waals surface area contributed by atoms with Crippen molar-refractivity contribution in [2.45, 2.75) is 63.9 Å². The molecule has 0 amide bonds. The van der Waals surface area contributed by atoms with Gasteiger partial charge in [-0.3, -0.25) is 0 Å². The van der Waals surface area contributed by atoms with Gasteiger partial charge in [0.1, 0.15) is 0 Å². The van der Waals surface area contributed by atoms with Crippen molar-refractivity contribution in [3.8, 4) is 0 Å². The molecular formula is C14H24O. The second-order valence-electron chi connectivity index (χ2n) is 5.42. The van der Waals surface area contributed by atoms with Gasteiger partial charge in [-0.15, -0.1) is 0 Å². The van der Waals surface area contributed by atoms with E-state index in [1.807, 2.05) is 0 Å². The standard InChI is InChI=1S/C14H24O/c1-2-5-12-8-10-14(15,11-9-12)13-6-3-4-7-13/h8,10,12-13,15H,2-7,9,11H2,1H3. The van der Waals surface area contributed by atoms with Crippen LogP contribution in [0.2, 0.25) is 0 Å². The highest BCUT2D eigenvalue weighted by molar-refractivity contribution is 5.11. The molecule has 0 spiro atoms. The Labute approximate surface area is 93.6 Å². The van der Waals surface area contributed by atoms with Crippen LogP contribution in [0.1, 0.15) is 58.3 Å². The van der Waals surface area contributed by atoms with Gasteiger partial charge in [0.25, 0.3) is 0 Å². The number of rotatable bonds is 3. The Hall–Kier alpha value is -0.300. The summed E-state index contributed by atoms with van der Waals surface area (Å²) < 4.78 is 0. The van der Waals surface area contributed by atoms with E-state index in [1.165, 1.54) is 44.9 Å². The van der Waals surface area contributed by atoms with Crippen LogP contribution in [0.25, 0.3) is 0 Å². The fourth-order valence-electron chi connectivity index (χ4n) is 3.28. The van der Waals surface area contributed by atoms with Crippen molar-refractivity contribution in [1.82, 2.24) is 0 Å². The number of aliphatic hydroxyl groups is 1. The van der Waals surface area contributed by atoms with E-state index < -0.39 is 5.60 Å². The number of hydrogen-bond acceptors (Lipinski definition) is 1. The summed E-state index contributed by atoms with van der Waals surface area (Å²) in [4.78, 5) is 0. The molecule has 2 aliphatic carbocycles. The van der Waals surface area contributed by atoms with Crippen molar-refractivity contribution >= 4 is 0 Å². The normalized spacial score (nSPS) is 37.3. The van der Waals surface area contributed by atoms with Gasteiger partial charge in [-0.1, -0.05) is 38.3 Å². The Kier molecular flexibility index (Phi) is 3.50. The molecule has 86 valence electrons. The van der Waals surface area contributed by atoms with Crippen molar-refractivity contribution in [2.75, 3.05) is 0 Å². The van der Waals surface area contributed by atoms with Gasteiger partial charge in [-0.2, -0.15) is 0 Å². The van der Waals surface area contributed by atoms with Crippen LogP contribution in [0, 0.1) is 11.8 Å². The molecule has 1 heteroatoms. The van der Waals surface area contributed by atoms with Gasteiger partial charge < -0.3 is 5.11 Å². The van der Waals surface area contributed by atoms with E-state index in [9.17, 15) is 5.11 Å². The predicted octanol–water partition coefficient (Wildman–Crippen LogP) is 3.67. The van der Waals surface area contributed by atoms with Gasteiger partial charge in [0.2, 0.25) is 0 Å². The third-order valence-electron chi connectivity index (χ3n) is 4.29. The molecule has 0 aromatic carbocycles. The SMILES string of the molecule is CCCC1C=CC(O)(C2CCCC2)CC1. The van der Waals surface area contributed by atoms with Crippen molar-refractivity contribution in [1.29, 1.82) is 0 Å². The minimum atomic E-state index is -0.444. The smallest absolute Gasteiger partial charge is 0.0856 e. The van der Waals surface area contributed by atoms with Gasteiger partial charge in [0.15, 0.2) is 0 Å². The van der Waals surface area contributed by atoms with Crippen molar-refractivity contribution in [3.05, 3.63) is 12.2 Å². The molecule has 15 heavy (non-hydrogen) atoms. The highest BCUT2D eigenvalue weighted by Gasteiger charge is 2.37. The molecule has 0 aliphatic heterocycles. The predicted molar refractivity (Wildman–Crippen MR) is 63.7 cm³/mol. The van der Waals surface area contributed by atoms with Crippen molar-refractivity contribution in [3.63, 3.8) is 0 Å². The van der Waals surface area contributed by atoms with E-state index in [4.69, 9.17) is 0 Å². The van der Waals surface area contributed by atoms with E-state index in [1.54, 1.807) is 0 Å². The molecule has 0 aromatic rings. The van der Waals surface area contributed by atoms with Crippen molar-refractivity contribution < 1.29 is 5.11 Å². The third kappa shape index (κ3) is 2.44. The van der Waals surface area contributed by atoms with Crippen LogP contribution < -0.4 is 0 Å². The van der Waals surface area contributed by atoms with Crippen LogP contribution in [0.4, 0.5) is 0 Å². The van der Waals surface area contributed by atoms with Gasteiger partial charge >= 0.3 is 0 Å². The molecule has 2 aliphatic rings. The molecular weight excluding hydrogens is 184 g/mol. The molecule has 2 atom stereocenters. The molecule has 1 N–H and O–H groups in total. The monoisotopic (exact) mass is 208 g/mol. The zero-order chi connectivity index (χ0) is 10.7. The minimum Gasteiger partial charge on any atom is -0.386 e. The van der Waals surface area contributed by atoms with Gasteiger partial charge in [-0.25, -0.2) is 0 Å². The fourth-order valence-corrected chi connectivity index (χ4v) is 3.28. The van der Waals surface area contributed by atoms with Crippen LogP contribution in [0.15, 0.2) is 12.2 Å². The van der Waals surface area contributed by atoms with Gasteiger partial charge in [-0.05, 0) is 43.9 Å². The molecule has 1 fully saturated rings. The van der Waals surface area contributed by atoms with E-state index in [0.29, 0.717) is 5.92 Å². The molecule has 1 nitrogen and oxygen atoms in total. The lowest BCUT2D eigenvalue weighted by atomic mass is 9.75. The topological polar surface area (TPSA) is 20.2 Å². The van der Waals surface area contributed by atoms with Crippen LogP contribution in [-0.4, -0.2) is 10.7 Å². The van der Waals surface area contributed by atoms with Gasteiger partial charge in [0.05, 0.1) is 5.60 Å². The molecule has 0 radical (unpaired) electrons. The summed E-state index contributed by atoms with van der Waals surface area (Å²) >= 11 is 0. The largest absolute Gasteiger partial charge is 0.386 e. The van der Waals surface area contributed by atoms with Crippen LogP contribution >= 0.6 is 0 Å². The second kappa shape index (κ2) is 4.69. The first-order valence-corrected chi connectivity index (χ1v) is 6.66. The lowest BCUT2D eigenvalue weighted by Gasteiger charge is -2.36. The van der Waals surface area contributed by atoms with E-state index in [0.717, 1.165) is 12.3 Å². The van der Waals surface area contributed by atoms with Crippen LogP contribution in [0.5, 0.6) is 0 Å². The van der Waals surface area contributed by atoms with Crippen LogP contribution in [0.3, 0.4) is 0 Å². The average molecular weight is 208 g/mol. The fraction of sp³-hybridized carbons (Fsp3) is 0.857. The maximum absolute atomic E-state index is 10.6. The first-order valence-electron chi connectivity index (χ1n) is 6.66. The second-order valence-corrected chi connectivity index (χ2v) is 5.42. The molecule has 2 rings (SSSR count). The summed E-state index contributed by atoms with van der Waals surface area (Å²) in [5, 5.41) is 10.6. The Bertz CT molecular complexity index is 227. The summed E-state index contributed by atoms with van der Waals surface area (Å²) in [6.45, 7) is 2.24. The first-order chi connectivity index (χ1) is 7.24. The Morgan fingerprint density at radius 2 is 2.00 bits per heavy atom. The van der Waals surface area contributed by atoms with E-state index in [-0.39, 0.29) is 0 Å². The third-order valence-corrected chi connectivity index (χ3v) is 4.29. The summed E-state index contributed by atoms with van der Waals surface area (Å²) in [5.41, 5.74) is -0.444. The Morgan fingerprint density at radius 3 is 2.53 bits per heavy atom.